The summed E-state index contributed by atoms with van der Waals surface area (Å²) in [5.41, 5.74) is 4.20. The normalized spacial score (nSPS) is 11.1. The highest BCUT2D eigenvalue weighted by atomic mass is 16.4. The van der Waals surface area contributed by atoms with Crippen molar-refractivity contribution in [2.24, 2.45) is 5.92 Å². The van der Waals surface area contributed by atoms with Crippen molar-refractivity contribution in [1.82, 2.24) is 9.78 Å². The zero-order valence-electron chi connectivity index (χ0n) is 12.3. The van der Waals surface area contributed by atoms with Gasteiger partial charge in [-0.2, -0.15) is 5.10 Å². The van der Waals surface area contributed by atoms with Crippen molar-refractivity contribution < 1.29 is 9.90 Å². The molecule has 106 valence electrons. The molecular weight excluding hydrogens is 252 g/mol. The number of hydrogen-bond donors (Lipinski definition) is 1. The molecule has 0 aliphatic heterocycles. The number of carbonyl (C=O) groups is 1. The lowest BCUT2D eigenvalue weighted by Gasteiger charge is -2.12. The lowest BCUT2D eigenvalue weighted by atomic mass is 10.1. The highest BCUT2D eigenvalue weighted by Crippen LogP contribution is 2.20. The smallest absolute Gasteiger partial charge is 0.356 e. The average molecular weight is 272 g/mol. The van der Waals surface area contributed by atoms with Gasteiger partial charge in [0.25, 0.3) is 0 Å². The van der Waals surface area contributed by atoms with Gasteiger partial charge in [0, 0.05) is 5.69 Å². The average Bonchev–Trinajstić information content (AvgIpc) is 2.75. The molecule has 0 spiro atoms. The predicted octanol–water partition coefficient (Wildman–Crippen LogP) is 3.39. The molecule has 0 fully saturated rings. The lowest BCUT2D eigenvalue weighted by Crippen LogP contribution is -2.07. The first-order valence-electron chi connectivity index (χ1n) is 6.78. The van der Waals surface area contributed by atoms with E-state index in [-0.39, 0.29) is 5.69 Å². The zero-order chi connectivity index (χ0) is 14.9. The fourth-order valence-corrected chi connectivity index (χ4v) is 2.24. The Labute approximate surface area is 119 Å². The zero-order valence-corrected chi connectivity index (χ0v) is 12.3. The van der Waals surface area contributed by atoms with Crippen molar-refractivity contribution >= 4 is 5.97 Å². The van der Waals surface area contributed by atoms with E-state index in [0.29, 0.717) is 5.92 Å². The molecule has 20 heavy (non-hydrogen) atoms. The number of nitrogens with zero attached hydrogens (tertiary/aromatic N) is 2. The van der Waals surface area contributed by atoms with Crippen LogP contribution < -0.4 is 0 Å². The summed E-state index contributed by atoms with van der Waals surface area (Å²) in [4.78, 5) is 11.2. The number of benzene rings is 1. The molecule has 0 saturated carbocycles. The summed E-state index contributed by atoms with van der Waals surface area (Å²) >= 11 is 0. The van der Waals surface area contributed by atoms with Crippen LogP contribution in [0.1, 0.15) is 41.2 Å². The van der Waals surface area contributed by atoms with E-state index in [9.17, 15) is 4.79 Å². The van der Waals surface area contributed by atoms with E-state index in [0.717, 1.165) is 28.9 Å². The third kappa shape index (κ3) is 2.90. The van der Waals surface area contributed by atoms with Gasteiger partial charge < -0.3 is 5.11 Å². The Kier molecular flexibility index (Phi) is 3.93. The van der Waals surface area contributed by atoms with Crippen LogP contribution in [0.5, 0.6) is 0 Å². The monoisotopic (exact) mass is 272 g/mol. The van der Waals surface area contributed by atoms with Crippen LogP contribution in [0.25, 0.3) is 5.69 Å². The minimum absolute atomic E-state index is 0.0987. The molecule has 4 nitrogen and oxygen atoms in total. The molecule has 0 aliphatic rings. The van der Waals surface area contributed by atoms with Crippen LogP contribution in [0.15, 0.2) is 24.3 Å². The van der Waals surface area contributed by atoms with E-state index in [1.165, 1.54) is 0 Å². The molecule has 0 amide bonds. The van der Waals surface area contributed by atoms with E-state index in [2.05, 4.69) is 18.9 Å². The number of rotatable bonds is 4. The topological polar surface area (TPSA) is 55.1 Å². The lowest BCUT2D eigenvalue weighted by molar-refractivity contribution is 0.0690. The molecule has 1 N–H and O–H groups in total. The Morgan fingerprint density at radius 3 is 2.60 bits per heavy atom. The largest absolute Gasteiger partial charge is 0.476 e. The first kappa shape index (κ1) is 14.3. The molecule has 0 aliphatic carbocycles. The molecule has 1 aromatic heterocycles. The van der Waals surface area contributed by atoms with Gasteiger partial charge >= 0.3 is 5.97 Å². The van der Waals surface area contributed by atoms with Gasteiger partial charge in [-0.25, -0.2) is 9.48 Å². The van der Waals surface area contributed by atoms with Crippen LogP contribution in [0.4, 0.5) is 0 Å². The van der Waals surface area contributed by atoms with E-state index in [1.807, 2.05) is 32.0 Å². The number of aromatic carboxylic acids is 1. The SMILES string of the molecule is Cc1ccc(C)c(-n2nc(C(=O)O)cc2CC(C)C)c1. The van der Waals surface area contributed by atoms with Crippen LogP contribution in [-0.2, 0) is 6.42 Å². The van der Waals surface area contributed by atoms with E-state index < -0.39 is 5.97 Å². The van der Waals surface area contributed by atoms with Gasteiger partial charge in [-0.05, 0) is 49.4 Å². The van der Waals surface area contributed by atoms with Gasteiger partial charge in [-0.1, -0.05) is 26.0 Å². The molecule has 0 unspecified atom stereocenters. The summed E-state index contributed by atoms with van der Waals surface area (Å²) in [5, 5.41) is 13.4. The second kappa shape index (κ2) is 5.49. The molecule has 0 saturated heterocycles. The van der Waals surface area contributed by atoms with Crippen LogP contribution >= 0.6 is 0 Å². The van der Waals surface area contributed by atoms with Gasteiger partial charge in [-0.3, -0.25) is 0 Å². The minimum Gasteiger partial charge on any atom is -0.476 e. The summed E-state index contributed by atoms with van der Waals surface area (Å²) in [7, 11) is 0. The number of aryl methyl sites for hydroxylation is 2. The van der Waals surface area contributed by atoms with E-state index >= 15 is 0 Å². The molecule has 4 heteroatoms. The first-order valence-corrected chi connectivity index (χ1v) is 6.78. The number of hydrogen-bond acceptors (Lipinski definition) is 2. The molecule has 1 heterocycles. The van der Waals surface area contributed by atoms with Gasteiger partial charge in [0.1, 0.15) is 0 Å². The number of carboxylic acid groups (broad SMARTS) is 1. The summed E-state index contributed by atoms with van der Waals surface area (Å²) in [5.74, 6) is -0.545. The number of carboxylic acids is 1. The summed E-state index contributed by atoms with van der Waals surface area (Å²) in [6.45, 7) is 8.25. The van der Waals surface area contributed by atoms with Gasteiger partial charge in [0.15, 0.2) is 5.69 Å². The third-order valence-corrected chi connectivity index (χ3v) is 3.21. The maximum atomic E-state index is 11.2. The van der Waals surface area contributed by atoms with Crippen molar-refractivity contribution in [2.75, 3.05) is 0 Å². The molecule has 0 atom stereocenters. The molecule has 2 rings (SSSR count). The first-order chi connectivity index (χ1) is 9.38. The van der Waals surface area contributed by atoms with Crippen molar-refractivity contribution in [3.8, 4) is 5.69 Å². The summed E-state index contributed by atoms with van der Waals surface area (Å²) < 4.78 is 1.77. The fourth-order valence-electron chi connectivity index (χ4n) is 2.24. The Morgan fingerprint density at radius 2 is 2.00 bits per heavy atom. The highest BCUT2D eigenvalue weighted by Gasteiger charge is 2.16. The maximum Gasteiger partial charge on any atom is 0.356 e. The van der Waals surface area contributed by atoms with Crippen LogP contribution in [-0.4, -0.2) is 20.9 Å². The second-order valence-corrected chi connectivity index (χ2v) is 5.63. The Morgan fingerprint density at radius 1 is 1.30 bits per heavy atom. The van der Waals surface area contributed by atoms with E-state index in [1.54, 1.807) is 10.7 Å². The standard InChI is InChI=1S/C16H20N2O2/c1-10(2)7-13-9-14(16(19)20)17-18(13)15-8-11(3)5-6-12(15)4/h5-6,8-10H,7H2,1-4H3,(H,19,20). The summed E-state index contributed by atoms with van der Waals surface area (Å²) in [6, 6.07) is 7.79. The van der Waals surface area contributed by atoms with Gasteiger partial charge in [0.05, 0.1) is 5.69 Å². The summed E-state index contributed by atoms with van der Waals surface area (Å²) in [6.07, 6.45) is 0.799. The highest BCUT2D eigenvalue weighted by molar-refractivity contribution is 5.85. The van der Waals surface area contributed by atoms with Crippen molar-refractivity contribution in [3.63, 3.8) is 0 Å². The van der Waals surface area contributed by atoms with Crippen molar-refractivity contribution in [2.45, 2.75) is 34.1 Å². The van der Waals surface area contributed by atoms with Crippen LogP contribution in [0.3, 0.4) is 0 Å². The molecule has 0 radical (unpaired) electrons. The molecular formula is C16H20N2O2. The maximum absolute atomic E-state index is 11.2. The molecule has 2 aromatic rings. The van der Waals surface area contributed by atoms with Crippen molar-refractivity contribution in [3.05, 3.63) is 46.8 Å². The quantitative estimate of drug-likeness (QED) is 0.928. The van der Waals surface area contributed by atoms with Crippen molar-refractivity contribution in [1.29, 1.82) is 0 Å². The minimum atomic E-state index is -0.987. The van der Waals surface area contributed by atoms with E-state index in [4.69, 9.17) is 5.11 Å². The fraction of sp³-hybridized carbons (Fsp3) is 0.375. The van der Waals surface area contributed by atoms with Crippen LogP contribution in [0, 0.1) is 19.8 Å². The second-order valence-electron chi connectivity index (χ2n) is 5.63. The third-order valence-electron chi connectivity index (χ3n) is 3.21. The Bertz CT molecular complexity index is 642. The Hall–Kier alpha value is -2.10. The van der Waals surface area contributed by atoms with Gasteiger partial charge in [-0.15, -0.1) is 0 Å². The molecule has 0 bridgehead atoms. The molecule has 1 aromatic carbocycles. The number of aromatic nitrogens is 2. The Balaban J connectivity index is 2.58. The van der Waals surface area contributed by atoms with Crippen LogP contribution in [0.2, 0.25) is 0 Å². The predicted molar refractivity (Wildman–Crippen MR) is 78.5 cm³/mol. The van der Waals surface area contributed by atoms with Gasteiger partial charge in [0.2, 0.25) is 0 Å².